The van der Waals surface area contributed by atoms with E-state index in [0.717, 1.165) is 5.56 Å². The Morgan fingerprint density at radius 3 is 1.97 bits per heavy atom. The van der Waals surface area contributed by atoms with Crippen LogP contribution in [-0.4, -0.2) is 110 Å². The third-order valence-corrected chi connectivity index (χ3v) is 13.9. The minimum absolute atomic E-state index is 0.0693. The lowest BCUT2D eigenvalue weighted by atomic mass is 9.81. The molecule has 1 aliphatic rings. The number of sulfonamides is 1. The zero-order valence-corrected chi connectivity index (χ0v) is 45.6. The maximum Gasteiger partial charge on any atom is 0.407 e. The first-order valence-corrected chi connectivity index (χ1v) is 27.1. The number of likely N-dealkylation sites (N-methyl/N-ethyl adjacent to an activating group) is 1. The van der Waals surface area contributed by atoms with E-state index in [0.29, 0.717) is 48.2 Å². The summed E-state index contributed by atoms with van der Waals surface area (Å²) in [5.41, 5.74) is 2.70. The van der Waals surface area contributed by atoms with Crippen LogP contribution in [0.1, 0.15) is 116 Å². The number of imide groups is 1. The van der Waals surface area contributed by atoms with E-state index in [1.807, 2.05) is 58.0 Å². The van der Waals surface area contributed by atoms with E-state index in [1.165, 1.54) is 22.8 Å². The van der Waals surface area contributed by atoms with Crippen molar-refractivity contribution in [3.05, 3.63) is 113 Å². The predicted molar refractivity (Wildman–Crippen MR) is 286 cm³/mol. The number of hydrogen-bond acceptors (Lipinski definition) is 12. The van der Waals surface area contributed by atoms with Gasteiger partial charge >= 0.3 is 6.09 Å². The number of hydrogen-bond donors (Lipinski definition) is 6. The summed E-state index contributed by atoms with van der Waals surface area (Å²) < 4.78 is 33.5. The fraction of sp³-hybridized carbons (Fsp3) is 0.473. The molecule has 0 aromatic heterocycles. The highest BCUT2D eigenvalue weighted by molar-refractivity contribution is 7.89. The van der Waals surface area contributed by atoms with Crippen LogP contribution in [0, 0.1) is 11.8 Å². The number of carbonyl (C=O) groups is 9. The van der Waals surface area contributed by atoms with Crippen LogP contribution >= 0.6 is 0 Å². The van der Waals surface area contributed by atoms with E-state index >= 15 is 0 Å². The Morgan fingerprint density at radius 1 is 0.737 bits per heavy atom. The molecule has 3 aromatic carbocycles. The summed E-state index contributed by atoms with van der Waals surface area (Å²) >= 11 is 0. The van der Waals surface area contributed by atoms with Crippen LogP contribution in [-0.2, 0) is 77.4 Å². The third kappa shape index (κ3) is 20.4. The number of carbonyl (C=O) groups excluding carboxylic acids is 9. The zero-order valence-electron chi connectivity index (χ0n) is 44.8. The second-order valence-corrected chi connectivity index (χ2v) is 22.0. The number of unbranched alkanes of at least 4 members (excludes halogenated alkanes) is 2. The van der Waals surface area contributed by atoms with E-state index in [9.17, 15) is 51.6 Å². The fourth-order valence-electron chi connectivity index (χ4n) is 8.16. The minimum Gasteiger partial charge on any atom is -0.445 e. The first-order valence-electron chi connectivity index (χ1n) is 25.4. The number of nitrogens with one attached hydrogen (secondary N) is 6. The van der Waals surface area contributed by atoms with E-state index in [1.54, 1.807) is 69.4 Å². The van der Waals surface area contributed by atoms with Crippen molar-refractivity contribution in [3.8, 4) is 0 Å². The number of benzene rings is 3. The lowest BCUT2D eigenvalue weighted by Gasteiger charge is -2.30. The molecule has 1 heterocycles. The smallest absolute Gasteiger partial charge is 0.407 e. The van der Waals surface area contributed by atoms with Gasteiger partial charge in [0.2, 0.25) is 51.4 Å². The van der Waals surface area contributed by atoms with E-state index < -0.39 is 57.1 Å². The lowest BCUT2D eigenvalue weighted by Crippen LogP contribution is -2.51. The van der Waals surface area contributed by atoms with Crippen LogP contribution in [0.3, 0.4) is 0 Å². The van der Waals surface area contributed by atoms with Gasteiger partial charge in [-0.3, -0.25) is 43.3 Å². The van der Waals surface area contributed by atoms with Crippen LogP contribution in [0.2, 0.25) is 0 Å². The van der Waals surface area contributed by atoms with Gasteiger partial charge in [-0.1, -0.05) is 121 Å². The molecule has 0 spiro atoms. The van der Waals surface area contributed by atoms with Crippen molar-refractivity contribution in [2.24, 2.45) is 11.8 Å². The molecule has 20 nitrogen and oxygen atoms in total. The minimum atomic E-state index is -4.15. The summed E-state index contributed by atoms with van der Waals surface area (Å²) in [6, 6.07) is 21.0. The summed E-state index contributed by atoms with van der Waals surface area (Å²) in [5, 5.41) is 13.3. The van der Waals surface area contributed by atoms with Crippen molar-refractivity contribution in [1.29, 1.82) is 0 Å². The maximum atomic E-state index is 13.2. The topological polar surface area (TPSA) is 276 Å². The Morgan fingerprint density at radius 2 is 1.36 bits per heavy atom. The highest BCUT2D eigenvalue weighted by Crippen LogP contribution is 2.26. The van der Waals surface area contributed by atoms with Crippen LogP contribution < -0.4 is 31.3 Å². The molecule has 6 N–H and O–H groups in total. The van der Waals surface area contributed by atoms with Crippen LogP contribution in [0.4, 0.5) is 10.5 Å². The van der Waals surface area contributed by atoms with E-state index in [-0.39, 0.29) is 98.9 Å². The van der Waals surface area contributed by atoms with Gasteiger partial charge in [0.15, 0.2) is 0 Å². The molecule has 1 saturated heterocycles. The Hall–Kier alpha value is -7.42. The maximum absolute atomic E-state index is 13.2. The van der Waals surface area contributed by atoms with E-state index in [2.05, 4.69) is 31.3 Å². The molecule has 1 aliphatic heterocycles. The van der Waals surface area contributed by atoms with Crippen LogP contribution in [0.15, 0.2) is 90.5 Å². The molecule has 4 rings (SSSR count). The Balaban J connectivity index is 1.13. The Kier molecular flexibility index (Phi) is 23.4. The fourth-order valence-corrected chi connectivity index (χ4v) is 9.31. The number of amides is 9. The average Bonchev–Trinajstić information content (AvgIpc) is 3.69. The molecule has 21 heteroatoms. The van der Waals surface area contributed by atoms with Gasteiger partial charge in [-0.25, -0.2) is 17.9 Å². The van der Waals surface area contributed by atoms with Gasteiger partial charge in [-0.15, -0.1) is 0 Å². The van der Waals surface area contributed by atoms with Crippen molar-refractivity contribution in [3.63, 3.8) is 0 Å². The number of nitrogens with zero attached hydrogens (tertiary/aromatic N) is 2. The summed E-state index contributed by atoms with van der Waals surface area (Å²) in [6.07, 6.45) is 3.37. The normalized spacial score (nSPS) is 13.7. The monoisotopic (exact) mass is 1070 g/mol. The van der Waals surface area contributed by atoms with Gasteiger partial charge in [0.1, 0.15) is 12.6 Å². The lowest BCUT2D eigenvalue weighted by molar-refractivity contribution is -0.138. The Labute approximate surface area is 445 Å². The quantitative estimate of drug-likeness (QED) is 0.0323. The van der Waals surface area contributed by atoms with E-state index in [4.69, 9.17) is 4.74 Å². The number of anilines is 1. The number of rotatable bonds is 28. The molecule has 1 fully saturated rings. The van der Waals surface area contributed by atoms with Crippen molar-refractivity contribution < 1.29 is 56.3 Å². The molecule has 2 unspecified atom stereocenters. The Bertz CT molecular complexity index is 2660. The van der Waals surface area contributed by atoms with Gasteiger partial charge in [0, 0.05) is 57.1 Å². The van der Waals surface area contributed by atoms with Gasteiger partial charge in [0.25, 0.3) is 5.91 Å². The van der Waals surface area contributed by atoms with Gasteiger partial charge < -0.3 is 36.2 Å². The summed E-state index contributed by atoms with van der Waals surface area (Å²) in [5.74, 6) is -4.12. The molecule has 0 aliphatic carbocycles. The highest BCUT2D eigenvalue weighted by atomic mass is 32.2. The second kappa shape index (κ2) is 29.0. The summed E-state index contributed by atoms with van der Waals surface area (Å²) in [6.45, 7) is 12.3. The average molecular weight is 1070 g/mol. The molecular weight excluding hydrogens is 997 g/mol. The molecule has 0 bridgehead atoms. The molecular formula is C55H74N8O12S. The van der Waals surface area contributed by atoms with Gasteiger partial charge in [-0.05, 0) is 71.4 Å². The number of likely N-dealkylation sites (tertiary alicyclic amines) is 1. The summed E-state index contributed by atoms with van der Waals surface area (Å²) in [4.78, 5) is 116. The molecule has 9 amide bonds. The SMILES string of the molecule is C/C(=C\C(C(C)C)N(C)C(=O)CNC(=O)CC(C)(C)c1ccccc1)C(=O)NS(=O)(=O)Cc1ccc(CNC(=O)OCc2ccc(NC(=O)CNC(=O)C(NC(=O)CCCCCN3C(=O)CCC3=O)C(C)C)cc2)cc1. The van der Waals surface area contributed by atoms with Crippen LogP contribution in [0.25, 0.3) is 0 Å². The van der Waals surface area contributed by atoms with Gasteiger partial charge in [-0.2, -0.15) is 0 Å². The van der Waals surface area contributed by atoms with Crippen molar-refractivity contribution in [1.82, 2.24) is 35.8 Å². The summed E-state index contributed by atoms with van der Waals surface area (Å²) in [7, 11) is -2.58. The first kappa shape index (κ1) is 61.1. The molecule has 2 atom stereocenters. The molecule has 0 radical (unpaired) electrons. The predicted octanol–water partition coefficient (Wildman–Crippen LogP) is 4.88. The van der Waals surface area contributed by atoms with Crippen LogP contribution in [0.5, 0.6) is 0 Å². The first-order chi connectivity index (χ1) is 35.8. The van der Waals surface area contributed by atoms with Crippen molar-refractivity contribution in [2.45, 2.75) is 130 Å². The standard InChI is InChI=1S/C55H74N8O12S/c1-36(2)44(62(8)50(69)33-56-46(65)30-55(6,7)42-15-11-9-12-16-42)29-38(5)52(70)61-76(73,74)35-41-20-18-39(19-21-41)31-58-54(72)75-34-40-22-24-43(25-23-40)59-47(66)32-57-53(71)51(37(3)4)60-45(64)17-13-10-14-28-63-48(67)26-27-49(63)68/h9,11-12,15-16,18-25,29,36-37,44,51H,10,13-14,17,26-28,30-35H2,1-8H3,(H,56,65)(H,57,71)(H,58,72)(H,59,66)(H,60,64)(H,61,70)/b38-29+. The van der Waals surface area contributed by atoms with Gasteiger partial charge in [0.05, 0.1) is 24.9 Å². The second-order valence-electron chi connectivity index (χ2n) is 20.2. The van der Waals surface area contributed by atoms with Crippen molar-refractivity contribution >= 4 is 69.1 Å². The third-order valence-electron chi connectivity index (χ3n) is 12.7. The molecule has 0 saturated carbocycles. The number of alkyl carbamates (subject to hydrolysis) is 1. The number of ether oxygens (including phenoxy) is 1. The largest absolute Gasteiger partial charge is 0.445 e. The molecule has 412 valence electrons. The zero-order chi connectivity index (χ0) is 56.2. The van der Waals surface area contributed by atoms with Crippen molar-refractivity contribution in [2.75, 3.05) is 32.0 Å². The highest BCUT2D eigenvalue weighted by Gasteiger charge is 2.30. The molecule has 76 heavy (non-hydrogen) atoms. The molecule has 3 aromatic rings.